The van der Waals surface area contributed by atoms with Crippen LogP contribution in [0.4, 0.5) is 15.8 Å². The van der Waals surface area contributed by atoms with Crippen molar-refractivity contribution in [1.29, 1.82) is 0 Å². The molecule has 18 heavy (non-hydrogen) atoms. The van der Waals surface area contributed by atoms with Gasteiger partial charge in [0.15, 0.2) is 0 Å². The van der Waals surface area contributed by atoms with E-state index in [-0.39, 0.29) is 16.4 Å². The van der Waals surface area contributed by atoms with Crippen LogP contribution in [0.5, 0.6) is 0 Å². The van der Waals surface area contributed by atoms with Crippen molar-refractivity contribution in [3.05, 3.63) is 33.1 Å². The van der Waals surface area contributed by atoms with Crippen molar-refractivity contribution in [2.45, 2.75) is 18.6 Å². The molecule has 0 bridgehead atoms. The third-order valence-electron chi connectivity index (χ3n) is 2.50. The first-order chi connectivity index (χ1) is 8.45. The van der Waals surface area contributed by atoms with Crippen LogP contribution in [0.3, 0.4) is 0 Å². The highest BCUT2D eigenvalue weighted by Gasteiger charge is 2.17. The number of rotatable bonds is 6. The Hall–Kier alpha value is -1.01. The van der Waals surface area contributed by atoms with Crippen molar-refractivity contribution < 1.29 is 9.31 Å². The van der Waals surface area contributed by atoms with Gasteiger partial charge in [0.05, 0.1) is 9.95 Å². The molecule has 1 aromatic rings. The van der Waals surface area contributed by atoms with E-state index in [0.717, 1.165) is 18.6 Å². The summed E-state index contributed by atoms with van der Waals surface area (Å²) in [4.78, 5) is 10.2. The molecule has 0 amide bonds. The first kappa shape index (κ1) is 15.0. The summed E-state index contributed by atoms with van der Waals surface area (Å²) in [6.45, 7) is 2.60. The molecule has 1 N–H and O–H groups in total. The Morgan fingerprint density at radius 3 is 2.83 bits per heavy atom. The molecular weight excluding hydrogens is 279 g/mol. The number of halogens is 2. The number of nitro groups is 1. The summed E-state index contributed by atoms with van der Waals surface area (Å²) in [5.41, 5.74) is -0.0478. The van der Waals surface area contributed by atoms with Gasteiger partial charge in [-0.15, -0.1) is 0 Å². The Kier molecular flexibility index (Phi) is 5.68. The number of nitrogens with zero attached hydrogens (tertiary/aromatic N) is 1. The number of hydrogen-bond donors (Lipinski definition) is 1. The van der Waals surface area contributed by atoms with Crippen LogP contribution in [-0.2, 0) is 0 Å². The third-order valence-corrected chi connectivity index (χ3v) is 3.83. The predicted octanol–water partition coefficient (Wildman–Crippen LogP) is 3.94. The fourth-order valence-corrected chi connectivity index (χ4v) is 1.87. The van der Waals surface area contributed by atoms with Gasteiger partial charge in [0.2, 0.25) is 0 Å². The molecule has 0 aromatic heterocycles. The Morgan fingerprint density at radius 1 is 1.61 bits per heavy atom. The standard InChI is InChI=1S/C11H14ClFN2O2S/c1-7(18-2)3-4-14-10-6-9(13)8(12)5-11(10)15(16)17/h5-7,14H,3-4H2,1-2H3. The Morgan fingerprint density at radius 2 is 2.28 bits per heavy atom. The lowest BCUT2D eigenvalue weighted by Gasteiger charge is -2.10. The lowest BCUT2D eigenvalue weighted by atomic mass is 10.2. The molecule has 1 aromatic carbocycles. The molecule has 0 spiro atoms. The summed E-state index contributed by atoms with van der Waals surface area (Å²) >= 11 is 7.23. The Labute approximate surface area is 114 Å². The number of hydrogen-bond acceptors (Lipinski definition) is 4. The van der Waals surface area contributed by atoms with E-state index in [1.807, 2.05) is 6.26 Å². The summed E-state index contributed by atoms with van der Waals surface area (Å²) in [6.07, 6.45) is 2.83. The molecule has 0 aliphatic carbocycles. The summed E-state index contributed by atoms with van der Waals surface area (Å²) in [7, 11) is 0. The summed E-state index contributed by atoms with van der Waals surface area (Å²) in [6, 6.07) is 2.08. The maximum Gasteiger partial charge on any atom is 0.294 e. The smallest absolute Gasteiger partial charge is 0.294 e. The molecule has 0 saturated heterocycles. The van der Waals surface area contributed by atoms with Crippen LogP contribution in [-0.4, -0.2) is 23.0 Å². The van der Waals surface area contributed by atoms with Crippen molar-refractivity contribution >= 4 is 34.7 Å². The number of benzene rings is 1. The first-order valence-corrected chi connectivity index (χ1v) is 7.02. The van der Waals surface area contributed by atoms with Gasteiger partial charge in [0.1, 0.15) is 11.5 Å². The fraction of sp³-hybridized carbons (Fsp3) is 0.455. The molecule has 0 radical (unpaired) electrons. The van der Waals surface area contributed by atoms with Crippen LogP contribution >= 0.6 is 23.4 Å². The quantitative estimate of drug-likeness (QED) is 0.637. The van der Waals surface area contributed by atoms with Crippen molar-refractivity contribution in [2.24, 2.45) is 0 Å². The summed E-state index contributed by atoms with van der Waals surface area (Å²) < 4.78 is 13.3. The van der Waals surface area contributed by atoms with Gasteiger partial charge in [0.25, 0.3) is 5.69 Å². The molecular formula is C11H14ClFN2O2S. The SMILES string of the molecule is CSC(C)CCNc1cc(F)c(Cl)cc1[N+](=O)[O-]. The van der Waals surface area contributed by atoms with Gasteiger partial charge in [0, 0.05) is 23.9 Å². The van der Waals surface area contributed by atoms with Gasteiger partial charge in [-0.1, -0.05) is 18.5 Å². The molecule has 100 valence electrons. The lowest BCUT2D eigenvalue weighted by Crippen LogP contribution is -2.09. The third kappa shape index (κ3) is 4.03. The van der Waals surface area contributed by atoms with Crippen molar-refractivity contribution in [3.63, 3.8) is 0 Å². The Balaban J connectivity index is 2.80. The second kappa shape index (κ2) is 6.80. The highest BCUT2D eigenvalue weighted by Crippen LogP contribution is 2.30. The largest absolute Gasteiger partial charge is 0.379 e. The number of nitro benzene ring substituents is 1. The van der Waals surface area contributed by atoms with Gasteiger partial charge >= 0.3 is 0 Å². The zero-order valence-electron chi connectivity index (χ0n) is 10.1. The van der Waals surface area contributed by atoms with E-state index in [4.69, 9.17) is 11.6 Å². The summed E-state index contributed by atoms with van der Waals surface area (Å²) in [5.74, 6) is -0.664. The molecule has 0 aliphatic heterocycles. The van der Waals surface area contributed by atoms with E-state index in [0.29, 0.717) is 11.8 Å². The Bertz CT molecular complexity index is 445. The number of thioether (sulfide) groups is 1. The maximum absolute atomic E-state index is 13.3. The highest BCUT2D eigenvalue weighted by atomic mass is 35.5. The topological polar surface area (TPSA) is 55.2 Å². The normalized spacial score (nSPS) is 12.2. The minimum atomic E-state index is -0.664. The molecule has 4 nitrogen and oxygen atoms in total. The van der Waals surface area contributed by atoms with Crippen molar-refractivity contribution in [1.82, 2.24) is 0 Å². The van der Waals surface area contributed by atoms with Gasteiger partial charge < -0.3 is 5.32 Å². The molecule has 7 heteroatoms. The first-order valence-electron chi connectivity index (χ1n) is 5.35. The van der Waals surface area contributed by atoms with Crippen LogP contribution in [0.25, 0.3) is 0 Å². The number of anilines is 1. The maximum atomic E-state index is 13.3. The molecule has 0 aliphatic rings. The van der Waals surface area contributed by atoms with E-state index >= 15 is 0 Å². The molecule has 0 fully saturated rings. The fourth-order valence-electron chi connectivity index (χ4n) is 1.36. The van der Waals surface area contributed by atoms with E-state index < -0.39 is 10.7 Å². The zero-order valence-corrected chi connectivity index (χ0v) is 11.6. The van der Waals surface area contributed by atoms with Crippen molar-refractivity contribution in [3.8, 4) is 0 Å². The predicted molar refractivity (Wildman–Crippen MR) is 74.1 cm³/mol. The molecule has 1 rings (SSSR count). The second-order valence-corrected chi connectivity index (χ2v) is 5.49. The lowest BCUT2D eigenvalue weighted by molar-refractivity contribution is -0.384. The van der Waals surface area contributed by atoms with Crippen LogP contribution in [0.15, 0.2) is 12.1 Å². The van der Waals surface area contributed by atoms with E-state index in [1.165, 1.54) is 0 Å². The average Bonchev–Trinajstić information content (AvgIpc) is 2.32. The zero-order chi connectivity index (χ0) is 13.7. The van der Waals surface area contributed by atoms with Gasteiger partial charge in [-0.3, -0.25) is 10.1 Å². The molecule has 0 saturated carbocycles. The van der Waals surface area contributed by atoms with E-state index in [2.05, 4.69) is 12.2 Å². The van der Waals surface area contributed by atoms with Gasteiger partial charge in [-0.05, 0) is 12.7 Å². The minimum absolute atomic E-state index is 0.162. The molecule has 0 heterocycles. The van der Waals surface area contributed by atoms with Crippen LogP contribution in [0.2, 0.25) is 5.02 Å². The second-order valence-electron chi connectivity index (χ2n) is 3.80. The van der Waals surface area contributed by atoms with Gasteiger partial charge in [-0.2, -0.15) is 11.8 Å². The monoisotopic (exact) mass is 292 g/mol. The number of nitrogens with one attached hydrogen (secondary N) is 1. The van der Waals surface area contributed by atoms with Crippen LogP contribution in [0.1, 0.15) is 13.3 Å². The van der Waals surface area contributed by atoms with E-state index in [9.17, 15) is 14.5 Å². The van der Waals surface area contributed by atoms with Crippen LogP contribution < -0.4 is 5.32 Å². The van der Waals surface area contributed by atoms with Crippen LogP contribution in [0, 0.1) is 15.9 Å². The highest BCUT2D eigenvalue weighted by molar-refractivity contribution is 7.99. The molecule has 1 atom stereocenters. The summed E-state index contributed by atoms with van der Waals surface area (Å²) in [5, 5.41) is 13.9. The van der Waals surface area contributed by atoms with Gasteiger partial charge in [-0.25, -0.2) is 4.39 Å². The molecule has 1 unspecified atom stereocenters. The average molecular weight is 293 g/mol. The minimum Gasteiger partial charge on any atom is -0.379 e. The van der Waals surface area contributed by atoms with E-state index in [1.54, 1.807) is 11.8 Å². The van der Waals surface area contributed by atoms with Crippen molar-refractivity contribution in [2.75, 3.05) is 18.1 Å².